The molecule has 9 heavy (non-hydrogen) atoms. The van der Waals surface area contributed by atoms with E-state index in [1.54, 1.807) is 0 Å². The molecule has 50 valence electrons. The summed E-state index contributed by atoms with van der Waals surface area (Å²) < 4.78 is 0. The van der Waals surface area contributed by atoms with Gasteiger partial charge in [0.05, 0.1) is 0 Å². The van der Waals surface area contributed by atoms with Crippen molar-refractivity contribution in [2.24, 2.45) is 5.92 Å². The van der Waals surface area contributed by atoms with Gasteiger partial charge in [-0.3, -0.25) is 14.9 Å². The zero-order chi connectivity index (χ0) is 7.02. The Morgan fingerprint density at radius 1 is 1.78 bits per heavy atom. The summed E-state index contributed by atoms with van der Waals surface area (Å²) in [5.74, 6) is -0.512. The van der Waals surface area contributed by atoms with Crippen LogP contribution in [0.5, 0.6) is 0 Å². The highest BCUT2D eigenvalue weighted by molar-refractivity contribution is 6.64. The second-order valence-electron chi connectivity index (χ2n) is 2.00. The van der Waals surface area contributed by atoms with Crippen LogP contribution in [0.25, 0.3) is 0 Å². The first-order chi connectivity index (χ1) is 4.13. The molecule has 1 aliphatic carbocycles. The third-order valence-electron chi connectivity index (χ3n) is 1.32. The molecule has 5 heteroatoms. The zero-order valence-corrected chi connectivity index (χ0v) is 5.17. The van der Waals surface area contributed by atoms with Gasteiger partial charge in [-0.2, -0.15) is 0 Å². The second kappa shape index (κ2) is 1.95. The van der Waals surface area contributed by atoms with Crippen LogP contribution in [0.2, 0.25) is 0 Å². The molecule has 1 aliphatic rings. The van der Waals surface area contributed by atoms with Gasteiger partial charge in [0.15, 0.2) is 0 Å². The molecule has 1 saturated carbocycles. The van der Waals surface area contributed by atoms with Gasteiger partial charge in [-0.25, -0.2) is 0 Å². The van der Waals surface area contributed by atoms with Crippen molar-refractivity contribution in [2.45, 2.75) is 12.5 Å². The molecule has 0 aromatic heterocycles. The van der Waals surface area contributed by atoms with Crippen molar-refractivity contribution in [3.63, 3.8) is 0 Å². The lowest BCUT2D eigenvalue weighted by atomic mass is 10.5. The topological polar surface area (TPSA) is 60.2 Å². The van der Waals surface area contributed by atoms with Crippen molar-refractivity contribution in [2.75, 3.05) is 0 Å². The summed E-state index contributed by atoms with van der Waals surface area (Å²) in [5, 5.41) is 9.28. The van der Waals surface area contributed by atoms with E-state index in [0.29, 0.717) is 6.42 Å². The molecule has 0 aliphatic heterocycles. The highest BCUT2D eigenvalue weighted by Gasteiger charge is 2.52. The zero-order valence-electron chi connectivity index (χ0n) is 4.41. The summed E-state index contributed by atoms with van der Waals surface area (Å²) in [6.45, 7) is 0. The van der Waals surface area contributed by atoms with E-state index in [1.165, 1.54) is 0 Å². The van der Waals surface area contributed by atoms with Crippen LogP contribution in [0.15, 0.2) is 0 Å². The molecule has 0 bridgehead atoms. The number of halogens is 1. The van der Waals surface area contributed by atoms with Gasteiger partial charge < -0.3 is 0 Å². The quantitative estimate of drug-likeness (QED) is 0.325. The smallest absolute Gasteiger partial charge is 0.231 e. The first kappa shape index (κ1) is 6.48. The number of carbonyl (C=O) groups is 1. The molecule has 0 spiro atoms. The van der Waals surface area contributed by atoms with E-state index in [-0.39, 0.29) is 0 Å². The lowest BCUT2D eigenvalue weighted by Crippen LogP contribution is -2.06. The Balaban J connectivity index is 2.42. The van der Waals surface area contributed by atoms with Crippen molar-refractivity contribution in [1.82, 2.24) is 0 Å². The van der Waals surface area contributed by atoms with Crippen LogP contribution in [0.3, 0.4) is 0 Å². The fourth-order valence-corrected chi connectivity index (χ4v) is 0.893. The van der Waals surface area contributed by atoms with Crippen LogP contribution in [0.4, 0.5) is 0 Å². The number of hydrogen-bond donors (Lipinski definition) is 0. The molecule has 2 unspecified atom stereocenters. The van der Waals surface area contributed by atoms with Crippen molar-refractivity contribution in [3.8, 4) is 0 Å². The predicted molar refractivity (Wildman–Crippen MR) is 29.7 cm³/mol. The molecular weight excluding hydrogens is 146 g/mol. The number of hydrogen-bond acceptors (Lipinski definition) is 3. The van der Waals surface area contributed by atoms with Gasteiger partial charge in [-0.15, -0.1) is 0 Å². The van der Waals surface area contributed by atoms with Gasteiger partial charge in [0.1, 0.15) is 5.92 Å². The summed E-state index contributed by atoms with van der Waals surface area (Å²) in [7, 11) is 0. The number of carbonyl (C=O) groups excluding carboxylic acids is 1. The highest BCUT2D eigenvalue weighted by atomic mass is 35.5. The Kier molecular flexibility index (Phi) is 1.40. The monoisotopic (exact) mass is 149 g/mol. The minimum atomic E-state index is -0.699. The van der Waals surface area contributed by atoms with E-state index in [0.717, 1.165) is 0 Å². The molecule has 0 N–H and O–H groups in total. The van der Waals surface area contributed by atoms with Gasteiger partial charge >= 0.3 is 0 Å². The average molecular weight is 150 g/mol. The minimum Gasteiger partial charge on any atom is -0.281 e. The maximum absolute atomic E-state index is 10.2. The molecule has 4 nitrogen and oxygen atoms in total. The maximum atomic E-state index is 10.2. The van der Waals surface area contributed by atoms with Crippen molar-refractivity contribution < 1.29 is 9.72 Å². The molecule has 2 atom stereocenters. The summed E-state index contributed by atoms with van der Waals surface area (Å²) in [4.78, 5) is 19.6. The summed E-state index contributed by atoms with van der Waals surface area (Å²) in [6.07, 6.45) is 0.315. The largest absolute Gasteiger partial charge is 0.281 e. The third kappa shape index (κ3) is 1.18. The second-order valence-corrected chi connectivity index (χ2v) is 2.37. The van der Waals surface area contributed by atoms with Crippen LogP contribution in [0, 0.1) is 16.0 Å². The Bertz CT molecular complexity index is 151. The standard InChI is InChI=1S/C4H4ClNO3/c5-4(7)2-1-3(2)6(8)9/h2-3H,1H2. The summed E-state index contributed by atoms with van der Waals surface area (Å²) in [6, 6.07) is -0.699. The fraction of sp³-hybridized carbons (Fsp3) is 0.750. The molecule has 0 radical (unpaired) electrons. The third-order valence-corrected chi connectivity index (χ3v) is 1.60. The molecule has 1 fully saturated rings. The molecular formula is C4H4ClNO3. The Morgan fingerprint density at radius 2 is 2.33 bits per heavy atom. The molecule has 0 heterocycles. The van der Waals surface area contributed by atoms with Crippen LogP contribution in [-0.4, -0.2) is 16.2 Å². The first-order valence-corrected chi connectivity index (χ1v) is 2.83. The maximum Gasteiger partial charge on any atom is 0.231 e. The fourth-order valence-electron chi connectivity index (χ4n) is 0.659. The summed E-state index contributed by atoms with van der Waals surface area (Å²) >= 11 is 4.97. The van der Waals surface area contributed by atoms with Crippen molar-refractivity contribution in [1.29, 1.82) is 0 Å². The van der Waals surface area contributed by atoms with Crippen LogP contribution in [-0.2, 0) is 4.79 Å². The van der Waals surface area contributed by atoms with Gasteiger partial charge in [0, 0.05) is 11.3 Å². The summed E-state index contributed by atoms with van der Waals surface area (Å²) in [5.41, 5.74) is 0. The van der Waals surface area contributed by atoms with Crippen LogP contribution in [0.1, 0.15) is 6.42 Å². The van der Waals surface area contributed by atoms with Crippen molar-refractivity contribution >= 4 is 16.8 Å². The highest BCUT2D eigenvalue weighted by Crippen LogP contribution is 2.34. The Labute approximate surface area is 55.9 Å². The Hall–Kier alpha value is -0.640. The van der Waals surface area contributed by atoms with E-state index in [2.05, 4.69) is 0 Å². The SMILES string of the molecule is O=C(Cl)C1CC1[N+](=O)[O-]. The van der Waals surface area contributed by atoms with E-state index in [9.17, 15) is 14.9 Å². The molecule has 0 aromatic carbocycles. The van der Waals surface area contributed by atoms with Crippen molar-refractivity contribution in [3.05, 3.63) is 10.1 Å². The molecule has 0 aromatic rings. The predicted octanol–water partition coefficient (Wildman–Crippen LogP) is 0.417. The van der Waals surface area contributed by atoms with Gasteiger partial charge in [0.2, 0.25) is 11.3 Å². The number of nitro groups is 1. The molecule has 1 rings (SSSR count). The van der Waals surface area contributed by atoms with E-state index >= 15 is 0 Å². The lowest BCUT2D eigenvalue weighted by Gasteiger charge is -1.83. The first-order valence-electron chi connectivity index (χ1n) is 2.45. The number of nitrogens with zero attached hydrogens (tertiary/aromatic N) is 1. The van der Waals surface area contributed by atoms with E-state index < -0.39 is 22.1 Å². The lowest BCUT2D eigenvalue weighted by molar-refractivity contribution is -0.497. The van der Waals surface area contributed by atoms with E-state index in [1.807, 2.05) is 0 Å². The molecule has 0 amide bonds. The number of rotatable bonds is 2. The molecule has 0 saturated heterocycles. The normalized spacial score (nSPS) is 31.7. The average Bonchev–Trinajstić information content (AvgIpc) is 2.39. The van der Waals surface area contributed by atoms with Gasteiger partial charge in [-0.1, -0.05) is 0 Å². The van der Waals surface area contributed by atoms with Gasteiger partial charge in [0.25, 0.3) is 0 Å². The minimum absolute atomic E-state index is 0.315. The van der Waals surface area contributed by atoms with Crippen LogP contribution < -0.4 is 0 Å². The van der Waals surface area contributed by atoms with Crippen LogP contribution >= 0.6 is 11.6 Å². The Morgan fingerprint density at radius 3 is 2.44 bits per heavy atom. The van der Waals surface area contributed by atoms with E-state index in [4.69, 9.17) is 11.6 Å². The van der Waals surface area contributed by atoms with Gasteiger partial charge in [-0.05, 0) is 11.6 Å².